The molecule has 0 saturated carbocycles. The highest BCUT2D eigenvalue weighted by atomic mass is 32.1. The summed E-state index contributed by atoms with van der Waals surface area (Å²) in [4.78, 5) is 34.0. The van der Waals surface area contributed by atoms with Gasteiger partial charge in [-0.05, 0) is 31.2 Å². The summed E-state index contributed by atoms with van der Waals surface area (Å²) in [5.74, 6) is 0.180. The summed E-state index contributed by atoms with van der Waals surface area (Å²) in [7, 11) is 1.69. The molecule has 178 valence electrons. The Labute approximate surface area is 200 Å². The number of benzene rings is 1. The molecule has 0 spiro atoms. The second-order valence-electron chi connectivity index (χ2n) is 8.91. The van der Waals surface area contributed by atoms with E-state index in [2.05, 4.69) is 35.0 Å². The fourth-order valence-electron chi connectivity index (χ4n) is 4.89. The number of anilines is 1. The number of hydrogen-bond acceptors (Lipinski definition) is 6. The predicted molar refractivity (Wildman–Crippen MR) is 131 cm³/mol. The highest BCUT2D eigenvalue weighted by molar-refractivity contribution is 7.13. The highest BCUT2D eigenvalue weighted by Crippen LogP contribution is 2.42. The molecule has 2 saturated heterocycles. The van der Waals surface area contributed by atoms with Crippen molar-refractivity contribution in [2.75, 3.05) is 51.8 Å². The monoisotopic (exact) mass is 470 g/mol. The molecule has 2 amide bonds. The van der Waals surface area contributed by atoms with Crippen LogP contribution in [-0.4, -0.2) is 73.0 Å². The molecule has 4 rings (SSSR count). The van der Waals surface area contributed by atoms with Gasteiger partial charge in [0.15, 0.2) is 5.13 Å². The molecule has 33 heavy (non-hydrogen) atoms. The Hall–Kier alpha value is -2.45. The fourth-order valence-corrected chi connectivity index (χ4v) is 5.73. The molecule has 0 unspecified atom stereocenters. The number of carbonyl (C=O) groups is 2. The van der Waals surface area contributed by atoms with Crippen LogP contribution in [0.3, 0.4) is 0 Å². The number of carbonyl (C=O) groups excluding carboxylic acids is 2. The average Bonchev–Trinajstić information content (AvgIpc) is 3.24. The molecule has 8 heteroatoms. The predicted octanol–water partition coefficient (Wildman–Crippen LogP) is 3.51. The van der Waals surface area contributed by atoms with Crippen molar-refractivity contribution < 1.29 is 14.3 Å². The number of nitrogens with zero attached hydrogens (tertiary/aromatic N) is 3. The lowest BCUT2D eigenvalue weighted by molar-refractivity contribution is -0.141. The largest absolute Gasteiger partial charge is 0.383 e. The minimum Gasteiger partial charge on any atom is -0.383 e. The third-order valence-corrected chi connectivity index (χ3v) is 7.67. The normalized spacial score (nSPS) is 18.8. The zero-order valence-electron chi connectivity index (χ0n) is 19.4. The first kappa shape index (κ1) is 23.7. The van der Waals surface area contributed by atoms with E-state index < -0.39 is 0 Å². The van der Waals surface area contributed by atoms with Crippen LogP contribution in [0.15, 0.2) is 35.7 Å². The van der Waals surface area contributed by atoms with E-state index in [4.69, 9.17) is 9.72 Å². The number of piperidine rings is 1. The molecule has 7 nitrogen and oxygen atoms in total. The second-order valence-corrected chi connectivity index (χ2v) is 9.77. The first-order chi connectivity index (χ1) is 16.1. The summed E-state index contributed by atoms with van der Waals surface area (Å²) >= 11 is 1.62. The van der Waals surface area contributed by atoms with Gasteiger partial charge in [-0.2, -0.15) is 0 Å². The number of hydrogen-bond donors (Lipinski definition) is 1. The van der Waals surface area contributed by atoms with Gasteiger partial charge in [-0.3, -0.25) is 9.59 Å². The summed E-state index contributed by atoms with van der Waals surface area (Å²) < 4.78 is 5.13. The number of methoxy groups -OCH3 is 1. The molecule has 1 aromatic heterocycles. The van der Waals surface area contributed by atoms with Gasteiger partial charge in [-0.15, -0.1) is 11.3 Å². The maximum atomic E-state index is 13.1. The molecule has 0 aliphatic carbocycles. The molecule has 1 N–H and O–H groups in total. The smallest absolute Gasteiger partial charge is 0.242 e. The fraction of sp³-hybridized carbons (Fsp3) is 0.560. The van der Waals surface area contributed by atoms with E-state index in [0.29, 0.717) is 32.7 Å². The number of nitrogens with one attached hydrogen (secondary N) is 1. The number of amides is 2. The first-order valence-corrected chi connectivity index (χ1v) is 12.8. The van der Waals surface area contributed by atoms with Crippen LogP contribution in [0.4, 0.5) is 5.13 Å². The van der Waals surface area contributed by atoms with Crippen molar-refractivity contribution in [3.05, 3.63) is 47.0 Å². The van der Waals surface area contributed by atoms with Crippen molar-refractivity contribution in [3.63, 3.8) is 0 Å². The lowest BCUT2D eigenvalue weighted by atomic mass is 9.70. The maximum Gasteiger partial charge on any atom is 0.242 e. The van der Waals surface area contributed by atoms with Gasteiger partial charge in [0.1, 0.15) is 0 Å². The van der Waals surface area contributed by atoms with Crippen LogP contribution in [0.5, 0.6) is 0 Å². The van der Waals surface area contributed by atoms with Gasteiger partial charge >= 0.3 is 0 Å². The second kappa shape index (κ2) is 11.1. The average molecular weight is 471 g/mol. The Bertz CT molecular complexity index is 925. The van der Waals surface area contributed by atoms with Crippen LogP contribution in [0.25, 0.3) is 0 Å². The Morgan fingerprint density at radius 2 is 1.94 bits per heavy atom. The van der Waals surface area contributed by atoms with Gasteiger partial charge in [0, 0.05) is 50.5 Å². The van der Waals surface area contributed by atoms with Gasteiger partial charge in [0.05, 0.1) is 18.8 Å². The molecule has 2 fully saturated rings. The summed E-state index contributed by atoms with van der Waals surface area (Å²) in [5.41, 5.74) is 2.09. The quantitative estimate of drug-likeness (QED) is 0.598. The molecular weight excluding hydrogens is 436 g/mol. The van der Waals surface area contributed by atoms with E-state index in [1.54, 1.807) is 23.3 Å². The molecule has 2 aromatic rings. The van der Waals surface area contributed by atoms with E-state index in [9.17, 15) is 9.59 Å². The van der Waals surface area contributed by atoms with Gasteiger partial charge < -0.3 is 19.9 Å². The standard InChI is InChI=1S/C25H34N4O3S/c1-32-17-13-26-24-27-21(19-33-24)25(20-8-4-2-5-9-20)11-15-28(16-12-25)23(31)18-29-14-7-3-6-10-22(29)30/h2,4-5,8-9,19H,3,6-7,10-18H2,1H3,(H,26,27). The van der Waals surface area contributed by atoms with Crippen LogP contribution in [0, 0.1) is 0 Å². The number of thiazole rings is 1. The molecule has 2 aliphatic rings. The SMILES string of the molecule is COCCNc1nc(C2(c3ccccc3)CCN(C(=O)CN3CCCCCC3=O)CC2)cs1. The highest BCUT2D eigenvalue weighted by Gasteiger charge is 2.41. The molecule has 0 atom stereocenters. The van der Waals surface area contributed by atoms with E-state index >= 15 is 0 Å². The van der Waals surface area contributed by atoms with Gasteiger partial charge in [-0.1, -0.05) is 36.8 Å². The Morgan fingerprint density at radius 1 is 1.15 bits per heavy atom. The minimum absolute atomic E-state index is 0.0621. The molecule has 0 radical (unpaired) electrons. The van der Waals surface area contributed by atoms with Crippen molar-refractivity contribution in [1.82, 2.24) is 14.8 Å². The first-order valence-electron chi connectivity index (χ1n) is 11.9. The van der Waals surface area contributed by atoms with E-state index in [0.717, 1.165) is 49.5 Å². The maximum absolute atomic E-state index is 13.1. The lowest BCUT2D eigenvalue weighted by Gasteiger charge is -2.42. The minimum atomic E-state index is -0.214. The number of aromatic nitrogens is 1. The van der Waals surface area contributed by atoms with Crippen molar-refractivity contribution in [2.45, 2.75) is 43.9 Å². The van der Waals surface area contributed by atoms with Crippen molar-refractivity contribution >= 4 is 28.3 Å². The summed E-state index contributed by atoms with van der Waals surface area (Å²) in [5, 5.41) is 6.38. The number of rotatable bonds is 8. The van der Waals surface area contributed by atoms with Crippen LogP contribution in [0.1, 0.15) is 49.8 Å². The summed E-state index contributed by atoms with van der Waals surface area (Å²) in [6, 6.07) is 10.5. The van der Waals surface area contributed by atoms with Crippen molar-refractivity contribution in [1.29, 1.82) is 0 Å². The van der Waals surface area contributed by atoms with E-state index in [1.165, 1.54) is 5.56 Å². The number of likely N-dealkylation sites (tertiary alicyclic amines) is 2. The van der Waals surface area contributed by atoms with Gasteiger partial charge in [0.25, 0.3) is 0 Å². The molecule has 3 heterocycles. The summed E-state index contributed by atoms with van der Waals surface area (Å²) in [6.07, 6.45) is 5.18. The number of ether oxygens (including phenoxy) is 1. The zero-order chi connectivity index (χ0) is 23.1. The topological polar surface area (TPSA) is 74.8 Å². The lowest BCUT2D eigenvalue weighted by Crippen LogP contribution is -2.49. The van der Waals surface area contributed by atoms with Crippen LogP contribution in [0.2, 0.25) is 0 Å². The van der Waals surface area contributed by atoms with E-state index in [1.807, 2.05) is 11.0 Å². The Balaban J connectivity index is 1.47. The Morgan fingerprint density at radius 3 is 2.70 bits per heavy atom. The van der Waals surface area contributed by atoms with Crippen LogP contribution in [-0.2, 0) is 19.7 Å². The summed E-state index contributed by atoms with van der Waals surface area (Å²) in [6.45, 7) is 3.60. The van der Waals surface area contributed by atoms with Crippen molar-refractivity contribution in [2.24, 2.45) is 0 Å². The van der Waals surface area contributed by atoms with Gasteiger partial charge in [0.2, 0.25) is 11.8 Å². The van der Waals surface area contributed by atoms with Crippen molar-refractivity contribution in [3.8, 4) is 0 Å². The molecular formula is C25H34N4O3S. The van der Waals surface area contributed by atoms with Crippen LogP contribution < -0.4 is 5.32 Å². The molecule has 1 aromatic carbocycles. The van der Waals surface area contributed by atoms with Crippen LogP contribution >= 0.6 is 11.3 Å². The third-order valence-electron chi connectivity index (χ3n) is 6.87. The molecule has 2 aliphatic heterocycles. The van der Waals surface area contributed by atoms with E-state index in [-0.39, 0.29) is 23.8 Å². The zero-order valence-corrected chi connectivity index (χ0v) is 20.2. The molecule has 0 bridgehead atoms. The Kier molecular flexibility index (Phi) is 7.98. The van der Waals surface area contributed by atoms with Gasteiger partial charge in [-0.25, -0.2) is 4.98 Å². The third kappa shape index (κ3) is 5.55.